The minimum absolute atomic E-state index is 0.0342. The Morgan fingerprint density at radius 2 is 1.74 bits per heavy atom. The summed E-state index contributed by atoms with van der Waals surface area (Å²) in [6.07, 6.45) is 1.16. The highest BCUT2D eigenvalue weighted by Crippen LogP contribution is 2.19. The minimum atomic E-state index is -0.0342. The van der Waals surface area contributed by atoms with Crippen LogP contribution in [-0.2, 0) is 11.2 Å². The molecular weight excluding hydrogens is 238 g/mol. The molecule has 2 aromatic carbocycles. The summed E-state index contributed by atoms with van der Waals surface area (Å²) in [5, 5.41) is 2.81. The fourth-order valence-corrected chi connectivity index (χ4v) is 1.78. The molecule has 0 aliphatic heterocycles. The highest BCUT2D eigenvalue weighted by Gasteiger charge is 2.04. The Labute approximate surface area is 112 Å². The van der Waals surface area contributed by atoms with E-state index in [0.29, 0.717) is 23.5 Å². The molecule has 0 aliphatic rings. The highest BCUT2D eigenvalue weighted by atomic mass is 16.1. The van der Waals surface area contributed by atoms with Crippen LogP contribution in [0.5, 0.6) is 0 Å². The second-order valence-electron chi connectivity index (χ2n) is 4.38. The first-order valence-electron chi connectivity index (χ1n) is 6.14. The van der Waals surface area contributed by atoms with Crippen molar-refractivity contribution >= 4 is 23.0 Å². The summed E-state index contributed by atoms with van der Waals surface area (Å²) in [6, 6.07) is 15.0. The lowest BCUT2D eigenvalue weighted by Crippen LogP contribution is -2.12. The number of aryl methyl sites for hydroxylation is 1. The van der Waals surface area contributed by atoms with E-state index in [4.69, 9.17) is 11.5 Å². The third kappa shape index (κ3) is 3.74. The van der Waals surface area contributed by atoms with E-state index in [2.05, 4.69) is 5.32 Å². The zero-order valence-corrected chi connectivity index (χ0v) is 10.6. The van der Waals surface area contributed by atoms with E-state index in [1.165, 1.54) is 0 Å². The number of nitrogens with one attached hydrogen (secondary N) is 1. The van der Waals surface area contributed by atoms with Crippen molar-refractivity contribution in [3.63, 3.8) is 0 Å². The van der Waals surface area contributed by atoms with Gasteiger partial charge in [-0.3, -0.25) is 4.79 Å². The summed E-state index contributed by atoms with van der Waals surface area (Å²) in [7, 11) is 0. The van der Waals surface area contributed by atoms with Crippen molar-refractivity contribution in [2.75, 3.05) is 16.8 Å². The Kier molecular flexibility index (Phi) is 4.03. The van der Waals surface area contributed by atoms with Gasteiger partial charge in [-0.25, -0.2) is 0 Å². The summed E-state index contributed by atoms with van der Waals surface area (Å²) in [4.78, 5) is 11.8. The SMILES string of the molecule is Nc1ccc(NC(=O)CCc2ccccc2)cc1N. The van der Waals surface area contributed by atoms with Crippen molar-refractivity contribution in [3.05, 3.63) is 54.1 Å². The molecule has 0 aliphatic carbocycles. The third-order valence-corrected chi connectivity index (χ3v) is 2.85. The van der Waals surface area contributed by atoms with Crippen LogP contribution in [-0.4, -0.2) is 5.91 Å². The summed E-state index contributed by atoms with van der Waals surface area (Å²) in [5.41, 5.74) is 14.1. The van der Waals surface area contributed by atoms with Crippen LogP contribution in [0, 0.1) is 0 Å². The smallest absolute Gasteiger partial charge is 0.224 e. The molecule has 0 unspecified atom stereocenters. The molecule has 0 atom stereocenters. The lowest BCUT2D eigenvalue weighted by atomic mass is 10.1. The van der Waals surface area contributed by atoms with Gasteiger partial charge in [0, 0.05) is 12.1 Å². The fourth-order valence-electron chi connectivity index (χ4n) is 1.78. The Bertz CT molecular complexity index is 567. The number of carbonyl (C=O) groups excluding carboxylic acids is 1. The quantitative estimate of drug-likeness (QED) is 0.734. The van der Waals surface area contributed by atoms with Crippen LogP contribution in [0.15, 0.2) is 48.5 Å². The first-order chi connectivity index (χ1) is 9.15. The average Bonchev–Trinajstić information content (AvgIpc) is 2.42. The van der Waals surface area contributed by atoms with Gasteiger partial charge in [-0.05, 0) is 30.2 Å². The second kappa shape index (κ2) is 5.91. The van der Waals surface area contributed by atoms with E-state index in [1.54, 1.807) is 18.2 Å². The largest absolute Gasteiger partial charge is 0.397 e. The van der Waals surface area contributed by atoms with E-state index >= 15 is 0 Å². The number of carbonyl (C=O) groups is 1. The number of amides is 1. The van der Waals surface area contributed by atoms with Gasteiger partial charge in [-0.2, -0.15) is 0 Å². The Balaban J connectivity index is 1.89. The van der Waals surface area contributed by atoms with Gasteiger partial charge in [0.1, 0.15) is 0 Å². The van der Waals surface area contributed by atoms with E-state index in [1.807, 2.05) is 30.3 Å². The second-order valence-corrected chi connectivity index (χ2v) is 4.38. The molecule has 2 rings (SSSR count). The molecule has 0 fully saturated rings. The zero-order valence-electron chi connectivity index (χ0n) is 10.6. The summed E-state index contributed by atoms with van der Waals surface area (Å²) in [5.74, 6) is -0.0342. The average molecular weight is 255 g/mol. The Morgan fingerprint density at radius 3 is 2.42 bits per heavy atom. The van der Waals surface area contributed by atoms with Crippen molar-refractivity contribution in [1.29, 1.82) is 0 Å². The summed E-state index contributed by atoms with van der Waals surface area (Å²) < 4.78 is 0. The lowest BCUT2D eigenvalue weighted by Gasteiger charge is -2.07. The van der Waals surface area contributed by atoms with Gasteiger partial charge < -0.3 is 16.8 Å². The summed E-state index contributed by atoms with van der Waals surface area (Å²) >= 11 is 0. The van der Waals surface area contributed by atoms with Gasteiger partial charge in [-0.1, -0.05) is 30.3 Å². The number of hydrogen-bond donors (Lipinski definition) is 3. The maximum absolute atomic E-state index is 11.8. The van der Waals surface area contributed by atoms with E-state index in [-0.39, 0.29) is 5.91 Å². The molecule has 0 heterocycles. The topological polar surface area (TPSA) is 81.1 Å². The molecule has 4 heteroatoms. The number of nitrogens with two attached hydrogens (primary N) is 2. The van der Waals surface area contributed by atoms with Crippen molar-refractivity contribution in [3.8, 4) is 0 Å². The van der Waals surface area contributed by atoms with Crippen molar-refractivity contribution < 1.29 is 4.79 Å². The van der Waals surface area contributed by atoms with Gasteiger partial charge in [-0.15, -0.1) is 0 Å². The van der Waals surface area contributed by atoms with E-state index in [9.17, 15) is 4.79 Å². The molecule has 98 valence electrons. The molecule has 4 nitrogen and oxygen atoms in total. The van der Waals surface area contributed by atoms with Gasteiger partial charge in [0.2, 0.25) is 5.91 Å². The molecule has 0 bridgehead atoms. The fraction of sp³-hybridized carbons (Fsp3) is 0.133. The monoisotopic (exact) mass is 255 g/mol. The third-order valence-electron chi connectivity index (χ3n) is 2.85. The normalized spacial score (nSPS) is 10.1. The van der Waals surface area contributed by atoms with Crippen LogP contribution in [0.2, 0.25) is 0 Å². The minimum Gasteiger partial charge on any atom is -0.397 e. The molecular formula is C15H17N3O. The van der Waals surface area contributed by atoms with Crippen molar-refractivity contribution in [2.45, 2.75) is 12.8 Å². The molecule has 0 saturated heterocycles. The molecule has 2 aromatic rings. The number of rotatable bonds is 4. The maximum Gasteiger partial charge on any atom is 0.224 e. The number of nitrogen functional groups attached to an aromatic ring is 2. The molecule has 0 radical (unpaired) electrons. The molecule has 1 amide bonds. The van der Waals surface area contributed by atoms with Gasteiger partial charge in [0.05, 0.1) is 11.4 Å². The van der Waals surface area contributed by atoms with E-state index in [0.717, 1.165) is 12.0 Å². The van der Waals surface area contributed by atoms with Crippen molar-refractivity contribution in [1.82, 2.24) is 0 Å². The molecule has 0 saturated carbocycles. The van der Waals surface area contributed by atoms with Crippen LogP contribution in [0.4, 0.5) is 17.1 Å². The van der Waals surface area contributed by atoms with Crippen LogP contribution in [0.25, 0.3) is 0 Å². The number of hydrogen-bond acceptors (Lipinski definition) is 3. The number of benzene rings is 2. The Morgan fingerprint density at radius 1 is 1.00 bits per heavy atom. The predicted molar refractivity (Wildman–Crippen MR) is 78.7 cm³/mol. The standard InChI is InChI=1S/C15H17N3O/c16-13-8-7-12(10-14(13)17)18-15(19)9-6-11-4-2-1-3-5-11/h1-5,7-8,10H,6,9,16-17H2,(H,18,19). The van der Waals surface area contributed by atoms with Crippen LogP contribution >= 0.6 is 0 Å². The summed E-state index contributed by atoms with van der Waals surface area (Å²) in [6.45, 7) is 0. The maximum atomic E-state index is 11.8. The van der Waals surface area contributed by atoms with Gasteiger partial charge >= 0.3 is 0 Å². The Hall–Kier alpha value is -2.49. The van der Waals surface area contributed by atoms with Gasteiger partial charge in [0.25, 0.3) is 0 Å². The van der Waals surface area contributed by atoms with Crippen LogP contribution in [0.1, 0.15) is 12.0 Å². The highest BCUT2D eigenvalue weighted by molar-refractivity contribution is 5.91. The lowest BCUT2D eigenvalue weighted by molar-refractivity contribution is -0.116. The molecule has 5 N–H and O–H groups in total. The zero-order chi connectivity index (χ0) is 13.7. The molecule has 0 aromatic heterocycles. The van der Waals surface area contributed by atoms with Crippen LogP contribution in [0.3, 0.4) is 0 Å². The van der Waals surface area contributed by atoms with Crippen molar-refractivity contribution in [2.24, 2.45) is 0 Å². The van der Waals surface area contributed by atoms with Gasteiger partial charge in [0.15, 0.2) is 0 Å². The van der Waals surface area contributed by atoms with E-state index < -0.39 is 0 Å². The molecule has 19 heavy (non-hydrogen) atoms. The first-order valence-corrected chi connectivity index (χ1v) is 6.14. The number of anilines is 3. The molecule has 0 spiro atoms. The predicted octanol–water partition coefficient (Wildman–Crippen LogP) is 2.42. The first kappa shape index (κ1) is 13.0. The van der Waals surface area contributed by atoms with Crippen LogP contribution < -0.4 is 16.8 Å².